The zero-order chi connectivity index (χ0) is 15.2. The molecule has 1 atom stereocenters. The molecule has 0 aliphatic carbocycles. The molecule has 1 amide bonds. The topological polar surface area (TPSA) is 67.2 Å². The van der Waals surface area contributed by atoms with Crippen LogP contribution >= 0.6 is 0 Å². The van der Waals surface area contributed by atoms with Crippen molar-refractivity contribution in [3.8, 4) is 0 Å². The van der Waals surface area contributed by atoms with Gasteiger partial charge in [-0.3, -0.25) is 4.79 Å². The van der Waals surface area contributed by atoms with Crippen molar-refractivity contribution in [2.75, 3.05) is 17.6 Å². The summed E-state index contributed by atoms with van der Waals surface area (Å²) in [6, 6.07) is 15.5. The van der Waals surface area contributed by atoms with Crippen molar-refractivity contribution >= 4 is 17.3 Å². The van der Waals surface area contributed by atoms with E-state index in [1.807, 2.05) is 25.1 Å². The number of nitrogens with two attached hydrogens (primary N) is 1. The summed E-state index contributed by atoms with van der Waals surface area (Å²) in [5, 5.41) is 6.14. The van der Waals surface area contributed by atoms with Gasteiger partial charge in [-0.05, 0) is 37.6 Å². The molecule has 4 nitrogen and oxygen atoms in total. The minimum atomic E-state index is -0.0899. The van der Waals surface area contributed by atoms with Crippen LogP contribution < -0.4 is 16.4 Å². The smallest absolute Gasteiger partial charge is 0.251 e. The summed E-state index contributed by atoms with van der Waals surface area (Å²) in [5.74, 6) is -0.0899. The number of anilines is 2. The Labute approximate surface area is 125 Å². The summed E-state index contributed by atoms with van der Waals surface area (Å²) in [4.78, 5) is 11.9. The molecule has 2 aromatic rings. The van der Waals surface area contributed by atoms with E-state index < -0.39 is 0 Å². The largest absolute Gasteiger partial charge is 0.397 e. The molecule has 0 spiro atoms. The molecule has 0 heterocycles. The van der Waals surface area contributed by atoms with Crippen LogP contribution in [0.1, 0.15) is 35.8 Å². The van der Waals surface area contributed by atoms with Crippen molar-refractivity contribution in [3.05, 3.63) is 59.7 Å². The van der Waals surface area contributed by atoms with Crippen LogP contribution in [-0.4, -0.2) is 12.5 Å². The van der Waals surface area contributed by atoms with Gasteiger partial charge in [0, 0.05) is 18.2 Å². The van der Waals surface area contributed by atoms with E-state index in [0.29, 0.717) is 17.8 Å². The molecule has 2 rings (SSSR count). The van der Waals surface area contributed by atoms with E-state index in [0.717, 1.165) is 5.69 Å². The van der Waals surface area contributed by atoms with Gasteiger partial charge in [0.15, 0.2) is 0 Å². The standard InChI is InChI=1S/C17H21N3O/c1-3-19-17(21)14-9-10-15(18)16(11-14)20-12(2)13-7-5-4-6-8-13/h4-12,20H,3,18H2,1-2H3,(H,19,21). The van der Waals surface area contributed by atoms with Gasteiger partial charge in [-0.2, -0.15) is 0 Å². The lowest BCUT2D eigenvalue weighted by Crippen LogP contribution is -2.22. The SMILES string of the molecule is CCNC(=O)c1ccc(N)c(NC(C)c2ccccc2)c1. The Morgan fingerprint density at radius 1 is 1.19 bits per heavy atom. The van der Waals surface area contributed by atoms with Crippen molar-refractivity contribution in [1.82, 2.24) is 5.32 Å². The van der Waals surface area contributed by atoms with Crippen LogP contribution in [0.5, 0.6) is 0 Å². The first-order valence-corrected chi connectivity index (χ1v) is 7.11. The lowest BCUT2D eigenvalue weighted by Gasteiger charge is -2.18. The van der Waals surface area contributed by atoms with Crippen molar-refractivity contribution < 1.29 is 4.79 Å². The van der Waals surface area contributed by atoms with Crippen LogP contribution in [-0.2, 0) is 0 Å². The summed E-state index contributed by atoms with van der Waals surface area (Å²) < 4.78 is 0. The second-order valence-corrected chi connectivity index (χ2v) is 4.94. The Balaban J connectivity index is 2.19. The van der Waals surface area contributed by atoms with Crippen LogP contribution in [0.15, 0.2) is 48.5 Å². The molecule has 1 unspecified atom stereocenters. The van der Waals surface area contributed by atoms with Gasteiger partial charge in [-0.25, -0.2) is 0 Å². The summed E-state index contributed by atoms with van der Waals surface area (Å²) >= 11 is 0. The fourth-order valence-corrected chi connectivity index (χ4v) is 2.14. The average molecular weight is 283 g/mol. The molecular formula is C17H21N3O. The Morgan fingerprint density at radius 2 is 1.90 bits per heavy atom. The number of benzene rings is 2. The highest BCUT2D eigenvalue weighted by Crippen LogP contribution is 2.25. The van der Waals surface area contributed by atoms with E-state index in [-0.39, 0.29) is 11.9 Å². The van der Waals surface area contributed by atoms with E-state index in [2.05, 4.69) is 29.7 Å². The molecule has 0 saturated carbocycles. The second kappa shape index (κ2) is 6.79. The number of amides is 1. The molecule has 4 heteroatoms. The highest BCUT2D eigenvalue weighted by molar-refractivity contribution is 5.96. The van der Waals surface area contributed by atoms with Gasteiger partial charge in [0.05, 0.1) is 11.4 Å². The number of hydrogen-bond acceptors (Lipinski definition) is 3. The van der Waals surface area contributed by atoms with E-state index in [9.17, 15) is 4.79 Å². The van der Waals surface area contributed by atoms with Crippen LogP contribution in [0.25, 0.3) is 0 Å². The minimum Gasteiger partial charge on any atom is -0.397 e. The lowest BCUT2D eigenvalue weighted by molar-refractivity contribution is 0.0956. The Hall–Kier alpha value is -2.49. The summed E-state index contributed by atoms with van der Waals surface area (Å²) in [7, 11) is 0. The second-order valence-electron chi connectivity index (χ2n) is 4.94. The van der Waals surface area contributed by atoms with Gasteiger partial charge in [0.25, 0.3) is 5.91 Å². The summed E-state index contributed by atoms with van der Waals surface area (Å²) in [6.45, 7) is 4.56. The molecule has 0 aliphatic rings. The maximum atomic E-state index is 11.9. The van der Waals surface area contributed by atoms with Crippen LogP contribution in [0.3, 0.4) is 0 Å². The highest BCUT2D eigenvalue weighted by Gasteiger charge is 2.10. The van der Waals surface area contributed by atoms with Crippen molar-refractivity contribution in [2.24, 2.45) is 0 Å². The molecule has 0 aromatic heterocycles. The van der Waals surface area contributed by atoms with E-state index in [4.69, 9.17) is 5.73 Å². The first kappa shape index (κ1) is 14.9. The third-order valence-corrected chi connectivity index (χ3v) is 3.32. The van der Waals surface area contributed by atoms with Gasteiger partial charge in [-0.15, -0.1) is 0 Å². The van der Waals surface area contributed by atoms with Gasteiger partial charge in [0.2, 0.25) is 0 Å². The highest BCUT2D eigenvalue weighted by atomic mass is 16.1. The van der Waals surface area contributed by atoms with Crippen LogP contribution in [0.4, 0.5) is 11.4 Å². The molecular weight excluding hydrogens is 262 g/mol. The van der Waals surface area contributed by atoms with E-state index in [1.54, 1.807) is 18.2 Å². The maximum Gasteiger partial charge on any atom is 0.251 e. The number of carbonyl (C=O) groups is 1. The monoisotopic (exact) mass is 283 g/mol. The predicted octanol–water partition coefficient (Wildman–Crippen LogP) is 3.19. The Morgan fingerprint density at radius 3 is 2.57 bits per heavy atom. The maximum absolute atomic E-state index is 11.9. The zero-order valence-corrected chi connectivity index (χ0v) is 12.4. The van der Waals surface area contributed by atoms with E-state index >= 15 is 0 Å². The summed E-state index contributed by atoms with van der Waals surface area (Å²) in [6.07, 6.45) is 0. The minimum absolute atomic E-state index is 0.0899. The zero-order valence-electron chi connectivity index (χ0n) is 12.4. The quantitative estimate of drug-likeness (QED) is 0.738. The number of nitrogen functional groups attached to an aromatic ring is 1. The molecule has 4 N–H and O–H groups in total. The molecule has 0 bridgehead atoms. The van der Waals surface area contributed by atoms with Crippen molar-refractivity contribution in [1.29, 1.82) is 0 Å². The molecule has 21 heavy (non-hydrogen) atoms. The molecule has 2 aromatic carbocycles. The molecule has 0 saturated heterocycles. The average Bonchev–Trinajstić information content (AvgIpc) is 2.50. The normalized spacial score (nSPS) is 11.7. The fourth-order valence-electron chi connectivity index (χ4n) is 2.14. The number of nitrogens with one attached hydrogen (secondary N) is 2. The third kappa shape index (κ3) is 3.75. The molecule has 110 valence electrons. The Bertz CT molecular complexity index is 611. The first-order valence-electron chi connectivity index (χ1n) is 7.11. The van der Waals surface area contributed by atoms with Crippen molar-refractivity contribution in [2.45, 2.75) is 19.9 Å². The number of hydrogen-bond donors (Lipinski definition) is 3. The molecule has 0 aliphatic heterocycles. The van der Waals surface area contributed by atoms with Crippen LogP contribution in [0.2, 0.25) is 0 Å². The number of rotatable bonds is 5. The Kier molecular flexibility index (Phi) is 4.82. The van der Waals surface area contributed by atoms with Gasteiger partial charge in [0.1, 0.15) is 0 Å². The third-order valence-electron chi connectivity index (χ3n) is 3.32. The predicted molar refractivity (Wildman–Crippen MR) is 87.3 cm³/mol. The lowest BCUT2D eigenvalue weighted by atomic mass is 10.1. The summed E-state index contributed by atoms with van der Waals surface area (Å²) in [5.41, 5.74) is 9.17. The molecule has 0 radical (unpaired) electrons. The van der Waals surface area contributed by atoms with Gasteiger partial charge >= 0.3 is 0 Å². The van der Waals surface area contributed by atoms with Gasteiger partial charge in [-0.1, -0.05) is 30.3 Å². The van der Waals surface area contributed by atoms with Crippen molar-refractivity contribution in [3.63, 3.8) is 0 Å². The fraction of sp³-hybridized carbons (Fsp3) is 0.235. The number of carbonyl (C=O) groups excluding carboxylic acids is 1. The molecule has 0 fully saturated rings. The first-order chi connectivity index (χ1) is 10.1. The van der Waals surface area contributed by atoms with Gasteiger partial charge < -0.3 is 16.4 Å². The van der Waals surface area contributed by atoms with E-state index in [1.165, 1.54) is 5.56 Å². The van der Waals surface area contributed by atoms with Crippen LogP contribution in [0, 0.1) is 0 Å².